The van der Waals surface area contributed by atoms with Crippen LogP contribution < -0.4 is 0 Å². The lowest BCUT2D eigenvalue weighted by molar-refractivity contribution is -0.159. The van der Waals surface area contributed by atoms with Crippen LogP contribution in [0.5, 0.6) is 0 Å². The summed E-state index contributed by atoms with van der Waals surface area (Å²) in [5.74, 6) is -1.28. The molecule has 0 aromatic carbocycles. The van der Waals surface area contributed by atoms with Gasteiger partial charge in [0, 0.05) is 0 Å². The number of fused-ring (bicyclic) bond motifs is 2. The highest BCUT2D eigenvalue weighted by Gasteiger charge is 2.57. The third kappa shape index (κ3) is 1.43. The molecule has 2 saturated carbocycles. The van der Waals surface area contributed by atoms with Gasteiger partial charge in [0.1, 0.15) is 0 Å². The molecule has 2 aliphatic rings. The van der Waals surface area contributed by atoms with E-state index in [-0.39, 0.29) is 17.8 Å². The van der Waals surface area contributed by atoms with Gasteiger partial charge < -0.3 is 9.84 Å². The zero-order valence-electron chi connectivity index (χ0n) is 8.97. The molecular formula is C11H16O4. The van der Waals surface area contributed by atoms with E-state index in [2.05, 4.69) is 6.92 Å². The van der Waals surface area contributed by atoms with E-state index >= 15 is 0 Å². The molecule has 2 aliphatic carbocycles. The second kappa shape index (κ2) is 3.51. The number of hydrogen-bond acceptors (Lipinski definition) is 3. The van der Waals surface area contributed by atoms with Crippen LogP contribution in [0.2, 0.25) is 0 Å². The van der Waals surface area contributed by atoms with Gasteiger partial charge in [-0.25, -0.2) is 0 Å². The van der Waals surface area contributed by atoms with Gasteiger partial charge in [-0.05, 0) is 30.6 Å². The summed E-state index contributed by atoms with van der Waals surface area (Å²) in [6, 6.07) is 0. The van der Waals surface area contributed by atoms with Crippen molar-refractivity contribution in [2.24, 2.45) is 29.6 Å². The second-order valence-electron chi connectivity index (χ2n) is 4.79. The molecule has 84 valence electrons. The molecule has 0 aromatic rings. The van der Waals surface area contributed by atoms with E-state index in [1.807, 2.05) is 0 Å². The van der Waals surface area contributed by atoms with Crippen molar-refractivity contribution in [2.75, 3.05) is 7.11 Å². The lowest BCUT2D eigenvalue weighted by Crippen LogP contribution is -2.38. The van der Waals surface area contributed by atoms with Crippen molar-refractivity contribution >= 4 is 11.9 Å². The summed E-state index contributed by atoms with van der Waals surface area (Å²) in [5.41, 5.74) is 0. The first-order chi connectivity index (χ1) is 7.06. The van der Waals surface area contributed by atoms with Crippen molar-refractivity contribution in [3.05, 3.63) is 0 Å². The molecule has 2 bridgehead atoms. The van der Waals surface area contributed by atoms with Gasteiger partial charge in [0.15, 0.2) is 0 Å². The Bertz CT molecular complexity index is 299. The van der Waals surface area contributed by atoms with Gasteiger partial charge in [0.2, 0.25) is 0 Å². The Morgan fingerprint density at radius 3 is 2.47 bits per heavy atom. The van der Waals surface area contributed by atoms with Crippen LogP contribution in [-0.4, -0.2) is 24.2 Å². The first kappa shape index (κ1) is 10.5. The van der Waals surface area contributed by atoms with Crippen LogP contribution in [-0.2, 0) is 14.3 Å². The largest absolute Gasteiger partial charge is 0.481 e. The van der Waals surface area contributed by atoms with Crippen molar-refractivity contribution in [3.8, 4) is 0 Å². The van der Waals surface area contributed by atoms with Crippen LogP contribution in [0.25, 0.3) is 0 Å². The van der Waals surface area contributed by atoms with Gasteiger partial charge in [0.25, 0.3) is 0 Å². The van der Waals surface area contributed by atoms with Crippen LogP contribution in [0.4, 0.5) is 0 Å². The van der Waals surface area contributed by atoms with E-state index in [1.54, 1.807) is 0 Å². The molecule has 0 aliphatic heterocycles. The number of aliphatic carboxylic acids is 1. The lowest BCUT2D eigenvalue weighted by Gasteiger charge is -2.29. The molecule has 4 nitrogen and oxygen atoms in total. The molecule has 1 N–H and O–H groups in total. The third-order valence-corrected chi connectivity index (χ3v) is 4.09. The van der Waals surface area contributed by atoms with E-state index < -0.39 is 17.8 Å². The number of methoxy groups -OCH3 is 1. The quantitative estimate of drug-likeness (QED) is 0.697. The average molecular weight is 212 g/mol. The number of ether oxygens (including phenoxy) is 1. The summed E-state index contributed by atoms with van der Waals surface area (Å²) in [7, 11) is 1.33. The number of carbonyl (C=O) groups excluding carboxylic acids is 1. The van der Waals surface area contributed by atoms with E-state index in [0.29, 0.717) is 5.92 Å². The van der Waals surface area contributed by atoms with Crippen molar-refractivity contribution in [2.45, 2.75) is 19.8 Å². The Labute approximate surface area is 88.6 Å². The van der Waals surface area contributed by atoms with E-state index in [1.165, 1.54) is 7.11 Å². The van der Waals surface area contributed by atoms with E-state index in [9.17, 15) is 9.59 Å². The highest BCUT2D eigenvalue weighted by Crippen LogP contribution is 2.55. The molecule has 2 unspecified atom stereocenters. The minimum absolute atomic E-state index is 0.173. The Balaban J connectivity index is 2.25. The first-order valence-corrected chi connectivity index (χ1v) is 5.37. The minimum atomic E-state index is -0.843. The molecule has 15 heavy (non-hydrogen) atoms. The molecule has 0 saturated heterocycles. The number of rotatable bonds is 2. The van der Waals surface area contributed by atoms with Crippen LogP contribution in [0, 0.1) is 29.6 Å². The van der Waals surface area contributed by atoms with E-state index in [0.717, 1.165) is 12.8 Å². The third-order valence-electron chi connectivity index (χ3n) is 4.09. The van der Waals surface area contributed by atoms with Crippen LogP contribution in [0.3, 0.4) is 0 Å². The molecule has 0 amide bonds. The topological polar surface area (TPSA) is 63.6 Å². The maximum absolute atomic E-state index is 11.6. The Morgan fingerprint density at radius 2 is 1.93 bits per heavy atom. The summed E-state index contributed by atoms with van der Waals surface area (Å²) in [6.45, 7) is 2.10. The van der Waals surface area contributed by atoms with Crippen LogP contribution >= 0.6 is 0 Å². The smallest absolute Gasteiger partial charge is 0.309 e. The average Bonchev–Trinajstić information content (AvgIpc) is 2.71. The molecule has 2 rings (SSSR count). The highest BCUT2D eigenvalue weighted by molar-refractivity contribution is 5.82. The highest BCUT2D eigenvalue weighted by atomic mass is 16.5. The Morgan fingerprint density at radius 1 is 1.27 bits per heavy atom. The predicted molar refractivity (Wildman–Crippen MR) is 52.0 cm³/mol. The van der Waals surface area contributed by atoms with Crippen LogP contribution in [0.15, 0.2) is 0 Å². The van der Waals surface area contributed by atoms with Crippen LogP contribution in [0.1, 0.15) is 19.8 Å². The molecule has 0 heterocycles. The summed E-state index contributed by atoms with van der Waals surface area (Å²) in [6.07, 6.45) is 1.81. The maximum atomic E-state index is 11.6. The number of hydrogen-bond donors (Lipinski definition) is 1. The summed E-state index contributed by atoms with van der Waals surface area (Å²) < 4.78 is 4.71. The zero-order chi connectivity index (χ0) is 11.2. The van der Waals surface area contributed by atoms with Crippen molar-refractivity contribution < 1.29 is 19.4 Å². The monoisotopic (exact) mass is 212 g/mol. The van der Waals surface area contributed by atoms with Gasteiger partial charge in [-0.15, -0.1) is 0 Å². The summed E-state index contributed by atoms with van der Waals surface area (Å²) >= 11 is 0. The fraction of sp³-hybridized carbons (Fsp3) is 0.818. The molecule has 0 aromatic heterocycles. The van der Waals surface area contributed by atoms with Gasteiger partial charge in [-0.3, -0.25) is 9.59 Å². The van der Waals surface area contributed by atoms with E-state index in [4.69, 9.17) is 9.84 Å². The summed E-state index contributed by atoms with van der Waals surface area (Å²) in [4.78, 5) is 22.7. The Hall–Kier alpha value is -1.06. The van der Waals surface area contributed by atoms with Crippen molar-refractivity contribution in [3.63, 3.8) is 0 Å². The molecule has 0 radical (unpaired) electrons. The molecule has 0 spiro atoms. The fourth-order valence-corrected chi connectivity index (χ4v) is 3.50. The maximum Gasteiger partial charge on any atom is 0.309 e. The van der Waals surface area contributed by atoms with Crippen molar-refractivity contribution in [1.29, 1.82) is 0 Å². The van der Waals surface area contributed by atoms with Gasteiger partial charge in [-0.1, -0.05) is 6.92 Å². The normalized spacial score (nSPS) is 42.9. The Kier molecular flexibility index (Phi) is 2.44. The van der Waals surface area contributed by atoms with Gasteiger partial charge in [0.05, 0.1) is 18.9 Å². The first-order valence-electron chi connectivity index (χ1n) is 5.37. The number of carboxylic acid groups (broad SMARTS) is 1. The molecule has 2 fully saturated rings. The standard InChI is InChI=1S/C11H16O4/c1-5-3-6-4-7(5)9(11(14)15-2)8(6)10(12)13/h5-9H,3-4H2,1-2H3,(H,12,13)/t5-,6?,7?,8-,9+/m0/s1. The van der Waals surface area contributed by atoms with Gasteiger partial charge >= 0.3 is 11.9 Å². The SMILES string of the molecule is COC(=O)[C@@H]1C2CC(C[C@@H]2C)[C@@H]1C(=O)O. The number of carbonyl (C=O) groups is 2. The molecular weight excluding hydrogens is 196 g/mol. The second-order valence-corrected chi connectivity index (χ2v) is 4.79. The zero-order valence-corrected chi connectivity index (χ0v) is 8.97. The summed E-state index contributed by atoms with van der Waals surface area (Å²) in [5, 5.41) is 9.13. The minimum Gasteiger partial charge on any atom is -0.481 e. The van der Waals surface area contributed by atoms with Crippen molar-refractivity contribution in [1.82, 2.24) is 0 Å². The lowest BCUT2D eigenvalue weighted by atomic mass is 9.74. The number of carboxylic acids is 1. The predicted octanol–water partition coefficient (Wildman–Crippen LogP) is 1.15. The molecule has 5 atom stereocenters. The molecule has 4 heteroatoms. The fourth-order valence-electron chi connectivity index (χ4n) is 3.50. The van der Waals surface area contributed by atoms with Gasteiger partial charge in [-0.2, -0.15) is 0 Å². The number of esters is 1.